The molecule has 2 heterocycles. The molecule has 3 fully saturated rings. The van der Waals surface area contributed by atoms with Gasteiger partial charge in [-0.3, -0.25) is 0 Å². The molecule has 0 spiro atoms. The highest BCUT2D eigenvalue weighted by Crippen LogP contribution is 2.68. The average Bonchev–Trinajstić information content (AvgIpc) is 3.38. The maximum absolute atomic E-state index is 7.38. The number of quaternary nitrogens is 1. The van der Waals surface area contributed by atoms with Gasteiger partial charge in [0.1, 0.15) is 18.6 Å². The van der Waals surface area contributed by atoms with Crippen molar-refractivity contribution >= 4 is 0 Å². The van der Waals surface area contributed by atoms with Crippen LogP contribution in [0.25, 0.3) is 0 Å². The van der Waals surface area contributed by atoms with Gasteiger partial charge in [-0.15, -0.1) is 0 Å². The van der Waals surface area contributed by atoms with E-state index in [4.69, 9.17) is 4.74 Å². The lowest BCUT2D eigenvalue weighted by atomic mass is 9.71. The summed E-state index contributed by atoms with van der Waals surface area (Å²) in [4.78, 5) is 0. The molecule has 1 saturated carbocycles. The molecule has 6 rings (SSSR count). The summed E-state index contributed by atoms with van der Waals surface area (Å²) in [5.74, 6) is 2.04. The summed E-state index contributed by atoms with van der Waals surface area (Å²) in [5.41, 5.74) is 8.33. The topological polar surface area (TPSA) is 9.23 Å². The summed E-state index contributed by atoms with van der Waals surface area (Å²) in [6.45, 7) is 16.2. The standard InChI is InChI=1S/C34H42NO/c1-24-18-25(2)32(26(3)19-24)34(36-22-29-14-10-7-11-15-29)23-35(21-28-12-8-6-9-13-28)20-27(4)30-16-17-31(34)33(30,35)5/h6-15,18-19,27,30-31H,16-17,20-23H2,1-5H3/q+1/t27-,30+,31+,33-,34-,35-/m1/s1. The Bertz CT molecular complexity index is 1230. The smallest absolute Gasteiger partial charge is 0.151 e. The number of rotatable bonds is 6. The van der Waals surface area contributed by atoms with E-state index in [0.717, 1.165) is 29.4 Å². The molecular formula is C34H42NO+. The van der Waals surface area contributed by atoms with Crippen LogP contribution in [0.4, 0.5) is 0 Å². The molecule has 0 N–H and O–H groups in total. The van der Waals surface area contributed by atoms with E-state index in [-0.39, 0.29) is 11.1 Å². The number of benzene rings is 3. The number of hydrogen-bond acceptors (Lipinski definition) is 1. The minimum atomic E-state index is -0.268. The van der Waals surface area contributed by atoms with Crippen molar-refractivity contribution in [2.75, 3.05) is 13.1 Å². The van der Waals surface area contributed by atoms with Crippen LogP contribution in [-0.4, -0.2) is 23.1 Å². The Morgan fingerprint density at radius 1 is 0.861 bits per heavy atom. The van der Waals surface area contributed by atoms with Gasteiger partial charge in [-0.2, -0.15) is 0 Å². The largest absolute Gasteiger partial charge is 0.359 e. The molecule has 2 nitrogen and oxygen atoms in total. The quantitative estimate of drug-likeness (QED) is 0.332. The number of hydrogen-bond donors (Lipinski definition) is 0. The van der Waals surface area contributed by atoms with Gasteiger partial charge >= 0.3 is 0 Å². The maximum atomic E-state index is 7.38. The fourth-order valence-electron chi connectivity index (χ4n) is 9.44. The van der Waals surface area contributed by atoms with Crippen molar-refractivity contribution in [1.29, 1.82) is 0 Å². The maximum Gasteiger partial charge on any atom is 0.151 e. The van der Waals surface area contributed by atoms with E-state index in [1.165, 1.54) is 52.8 Å². The van der Waals surface area contributed by atoms with Crippen molar-refractivity contribution in [3.63, 3.8) is 0 Å². The van der Waals surface area contributed by atoms with Gasteiger partial charge in [-0.1, -0.05) is 85.3 Å². The highest BCUT2D eigenvalue weighted by molar-refractivity contribution is 5.44. The van der Waals surface area contributed by atoms with Crippen molar-refractivity contribution in [2.24, 2.45) is 17.8 Å². The molecule has 2 heteroatoms. The van der Waals surface area contributed by atoms with Crippen LogP contribution in [0.3, 0.4) is 0 Å². The Labute approximate surface area is 217 Å². The molecule has 0 amide bonds. The number of nitrogens with zero attached hydrogens (tertiary/aromatic N) is 1. The molecule has 3 aliphatic rings. The first-order chi connectivity index (χ1) is 17.3. The van der Waals surface area contributed by atoms with Crippen molar-refractivity contribution in [1.82, 2.24) is 0 Å². The van der Waals surface area contributed by atoms with Crippen LogP contribution in [0.15, 0.2) is 72.8 Å². The minimum Gasteiger partial charge on any atom is -0.359 e. The second-order valence-corrected chi connectivity index (χ2v) is 12.5. The Morgan fingerprint density at radius 2 is 1.47 bits per heavy atom. The lowest BCUT2D eigenvalue weighted by molar-refractivity contribution is -0.968. The van der Waals surface area contributed by atoms with Crippen LogP contribution in [0, 0.1) is 38.5 Å². The Hall–Kier alpha value is -2.42. The molecule has 0 bridgehead atoms. The van der Waals surface area contributed by atoms with Gasteiger partial charge in [0.2, 0.25) is 0 Å². The third-order valence-electron chi connectivity index (χ3n) is 10.4. The second kappa shape index (κ2) is 8.57. The predicted molar refractivity (Wildman–Crippen MR) is 147 cm³/mol. The third-order valence-corrected chi connectivity index (χ3v) is 10.4. The fourth-order valence-corrected chi connectivity index (χ4v) is 9.44. The summed E-state index contributed by atoms with van der Waals surface area (Å²) in [5, 5.41) is 0. The predicted octanol–water partition coefficient (Wildman–Crippen LogP) is 7.49. The first kappa shape index (κ1) is 23.9. The lowest BCUT2D eigenvalue weighted by Gasteiger charge is -2.43. The monoisotopic (exact) mass is 480 g/mol. The molecule has 2 saturated heterocycles. The molecule has 188 valence electrons. The van der Waals surface area contributed by atoms with Crippen LogP contribution in [0.5, 0.6) is 0 Å². The molecule has 6 atom stereocenters. The van der Waals surface area contributed by atoms with Gasteiger partial charge in [0.05, 0.1) is 19.1 Å². The average molecular weight is 481 g/mol. The van der Waals surface area contributed by atoms with E-state index in [1.807, 2.05) is 0 Å². The molecule has 36 heavy (non-hydrogen) atoms. The normalized spacial score (nSPS) is 34.8. The Morgan fingerprint density at radius 3 is 2.11 bits per heavy atom. The van der Waals surface area contributed by atoms with Crippen LogP contribution < -0.4 is 0 Å². The summed E-state index contributed by atoms with van der Waals surface area (Å²) >= 11 is 0. The van der Waals surface area contributed by atoms with Gasteiger partial charge in [0.25, 0.3) is 0 Å². The van der Waals surface area contributed by atoms with Gasteiger partial charge in [-0.05, 0) is 62.8 Å². The van der Waals surface area contributed by atoms with Crippen molar-refractivity contribution in [2.45, 2.75) is 71.8 Å². The number of ether oxygens (including phenoxy) is 1. The molecular weight excluding hydrogens is 438 g/mol. The zero-order chi connectivity index (χ0) is 25.1. The highest BCUT2D eigenvalue weighted by atomic mass is 16.5. The first-order valence-corrected chi connectivity index (χ1v) is 14.0. The molecule has 0 radical (unpaired) electrons. The summed E-state index contributed by atoms with van der Waals surface area (Å²) < 4.78 is 8.54. The van der Waals surface area contributed by atoms with E-state index < -0.39 is 0 Å². The number of aryl methyl sites for hydroxylation is 3. The van der Waals surface area contributed by atoms with Crippen molar-refractivity contribution in [3.05, 3.63) is 106 Å². The molecule has 0 unspecified atom stereocenters. The van der Waals surface area contributed by atoms with Gasteiger partial charge in [0, 0.05) is 17.4 Å². The van der Waals surface area contributed by atoms with Crippen molar-refractivity contribution < 1.29 is 9.22 Å². The van der Waals surface area contributed by atoms with Gasteiger partial charge < -0.3 is 9.22 Å². The molecule has 3 aromatic rings. The fraction of sp³-hybridized carbons (Fsp3) is 0.471. The Balaban J connectivity index is 1.53. The SMILES string of the molecule is Cc1cc(C)c([C@@]2(OCc3ccccc3)C[N@+]3(Cc4ccccc4)C[C@@H](C)[C@@H]4CC[C@H]2[C@@]43C)c(C)c1. The summed E-state index contributed by atoms with van der Waals surface area (Å²) in [7, 11) is 0. The van der Waals surface area contributed by atoms with Crippen molar-refractivity contribution in [3.8, 4) is 0 Å². The van der Waals surface area contributed by atoms with E-state index >= 15 is 0 Å². The van der Waals surface area contributed by atoms with E-state index in [9.17, 15) is 0 Å². The van der Waals surface area contributed by atoms with E-state index in [0.29, 0.717) is 12.5 Å². The molecule has 2 aliphatic heterocycles. The third kappa shape index (κ3) is 3.37. The zero-order valence-corrected chi connectivity index (χ0v) is 22.8. The first-order valence-electron chi connectivity index (χ1n) is 14.0. The van der Waals surface area contributed by atoms with Gasteiger partial charge in [-0.25, -0.2) is 0 Å². The summed E-state index contributed by atoms with van der Waals surface area (Å²) in [6, 6.07) is 26.8. The van der Waals surface area contributed by atoms with E-state index in [2.05, 4.69) is 107 Å². The van der Waals surface area contributed by atoms with Crippen LogP contribution in [0.2, 0.25) is 0 Å². The van der Waals surface area contributed by atoms with E-state index in [1.54, 1.807) is 0 Å². The van der Waals surface area contributed by atoms with Gasteiger partial charge in [0.15, 0.2) is 5.60 Å². The lowest BCUT2D eigenvalue weighted by Crippen LogP contribution is -2.57. The van der Waals surface area contributed by atoms with Crippen LogP contribution in [-0.2, 0) is 23.5 Å². The zero-order valence-electron chi connectivity index (χ0n) is 22.8. The molecule has 0 aromatic heterocycles. The molecule has 1 aliphatic carbocycles. The van der Waals surface area contributed by atoms with Crippen LogP contribution >= 0.6 is 0 Å². The second-order valence-electron chi connectivity index (χ2n) is 12.5. The van der Waals surface area contributed by atoms with Crippen LogP contribution in [0.1, 0.15) is 60.1 Å². The Kier molecular flexibility index (Phi) is 5.70. The summed E-state index contributed by atoms with van der Waals surface area (Å²) in [6.07, 6.45) is 2.60. The highest BCUT2D eigenvalue weighted by Gasteiger charge is 2.78. The molecule has 3 aromatic carbocycles. The minimum absolute atomic E-state index is 0.232.